The minimum absolute atomic E-state index is 0.00897. The number of aromatic nitrogens is 1. The molecule has 1 aromatic heterocycles. The van der Waals surface area contributed by atoms with E-state index < -0.39 is 5.97 Å². The van der Waals surface area contributed by atoms with Crippen molar-refractivity contribution >= 4 is 5.97 Å². The van der Waals surface area contributed by atoms with Crippen LogP contribution in [0, 0.1) is 13.8 Å². The molecule has 6 nitrogen and oxygen atoms in total. The molecule has 26 heavy (non-hydrogen) atoms. The maximum Gasteiger partial charge on any atom is 0.341 e. The van der Waals surface area contributed by atoms with Crippen molar-refractivity contribution in [3.05, 3.63) is 58.9 Å². The number of aliphatic carboxylic acids is 1. The number of carboxylic acids is 1. The molecule has 1 unspecified atom stereocenters. The second-order valence-corrected chi connectivity index (χ2v) is 6.59. The van der Waals surface area contributed by atoms with Gasteiger partial charge < -0.3 is 14.6 Å². The second kappa shape index (κ2) is 8.29. The molecule has 0 bridgehead atoms. The van der Waals surface area contributed by atoms with Crippen molar-refractivity contribution in [1.82, 2.24) is 9.88 Å². The van der Waals surface area contributed by atoms with Crippen molar-refractivity contribution in [2.45, 2.75) is 26.5 Å². The predicted molar refractivity (Wildman–Crippen MR) is 97.3 cm³/mol. The average molecular weight is 356 g/mol. The lowest BCUT2D eigenvalue weighted by Crippen LogP contribution is -2.38. The van der Waals surface area contributed by atoms with Gasteiger partial charge in [0.05, 0.1) is 12.3 Å². The Morgan fingerprint density at radius 2 is 2.12 bits per heavy atom. The van der Waals surface area contributed by atoms with Gasteiger partial charge in [0.1, 0.15) is 11.9 Å². The van der Waals surface area contributed by atoms with E-state index in [0.717, 1.165) is 36.5 Å². The number of benzene rings is 1. The van der Waals surface area contributed by atoms with E-state index >= 15 is 0 Å². The first-order chi connectivity index (χ1) is 12.5. The summed E-state index contributed by atoms with van der Waals surface area (Å²) in [7, 11) is 0. The number of ether oxygens (including phenoxy) is 2. The molecular formula is C20H24N2O4. The van der Waals surface area contributed by atoms with Gasteiger partial charge in [-0.25, -0.2) is 4.79 Å². The lowest BCUT2D eigenvalue weighted by molar-refractivity contribution is -0.139. The van der Waals surface area contributed by atoms with Gasteiger partial charge in [-0.2, -0.15) is 0 Å². The fraction of sp³-hybridized carbons (Fsp3) is 0.400. The van der Waals surface area contributed by atoms with Crippen molar-refractivity contribution in [1.29, 1.82) is 0 Å². The van der Waals surface area contributed by atoms with E-state index in [1.165, 1.54) is 5.56 Å². The minimum atomic E-state index is -0.971. The van der Waals surface area contributed by atoms with Crippen molar-refractivity contribution < 1.29 is 19.4 Å². The predicted octanol–water partition coefficient (Wildman–Crippen LogP) is 2.74. The maximum absolute atomic E-state index is 10.7. The van der Waals surface area contributed by atoms with Gasteiger partial charge in [-0.15, -0.1) is 0 Å². The van der Waals surface area contributed by atoms with Crippen LogP contribution in [0.3, 0.4) is 0 Å². The van der Waals surface area contributed by atoms with Crippen LogP contribution >= 0.6 is 0 Å². The van der Waals surface area contributed by atoms with Gasteiger partial charge in [-0.1, -0.05) is 18.2 Å². The molecule has 0 saturated carbocycles. The fourth-order valence-electron chi connectivity index (χ4n) is 3.34. The number of aryl methyl sites for hydroxylation is 2. The van der Waals surface area contributed by atoms with Crippen LogP contribution < -0.4 is 4.74 Å². The smallest absolute Gasteiger partial charge is 0.341 e. The fourth-order valence-corrected chi connectivity index (χ4v) is 3.34. The highest BCUT2D eigenvalue weighted by Gasteiger charge is 2.23. The zero-order chi connectivity index (χ0) is 18.5. The zero-order valence-electron chi connectivity index (χ0n) is 15.1. The van der Waals surface area contributed by atoms with Crippen LogP contribution in [0.15, 0.2) is 36.5 Å². The minimum Gasteiger partial charge on any atom is -0.481 e. The molecule has 0 aliphatic carbocycles. The first-order valence-corrected chi connectivity index (χ1v) is 8.72. The number of morpholine rings is 1. The Balaban J connectivity index is 1.67. The molecule has 1 aromatic carbocycles. The molecule has 0 radical (unpaired) electrons. The van der Waals surface area contributed by atoms with Gasteiger partial charge in [0.2, 0.25) is 0 Å². The van der Waals surface area contributed by atoms with E-state index in [4.69, 9.17) is 14.6 Å². The summed E-state index contributed by atoms with van der Waals surface area (Å²) in [6, 6.07) is 10.0. The molecule has 1 N–H and O–H groups in total. The number of pyridine rings is 1. The van der Waals surface area contributed by atoms with Gasteiger partial charge in [-0.05, 0) is 42.7 Å². The molecule has 3 rings (SSSR count). The number of carbonyl (C=O) groups is 1. The molecule has 1 atom stereocenters. The topological polar surface area (TPSA) is 71.9 Å². The van der Waals surface area contributed by atoms with Crippen molar-refractivity contribution in [2.24, 2.45) is 0 Å². The molecule has 1 aliphatic heterocycles. The van der Waals surface area contributed by atoms with E-state index in [1.54, 1.807) is 6.20 Å². The summed E-state index contributed by atoms with van der Waals surface area (Å²) in [5.74, 6) is -0.314. The summed E-state index contributed by atoms with van der Waals surface area (Å²) in [6.45, 7) is 6.74. The molecular weight excluding hydrogens is 332 g/mol. The van der Waals surface area contributed by atoms with Crippen molar-refractivity contribution in [2.75, 3.05) is 26.3 Å². The quantitative estimate of drug-likeness (QED) is 0.858. The summed E-state index contributed by atoms with van der Waals surface area (Å²) in [4.78, 5) is 17.5. The molecule has 1 saturated heterocycles. The highest BCUT2D eigenvalue weighted by molar-refractivity contribution is 5.68. The van der Waals surface area contributed by atoms with Crippen LogP contribution in [0.5, 0.6) is 5.75 Å². The van der Waals surface area contributed by atoms with Crippen LogP contribution in [0.4, 0.5) is 0 Å². The molecule has 1 aliphatic rings. The van der Waals surface area contributed by atoms with Crippen LogP contribution in [-0.4, -0.2) is 47.3 Å². The molecule has 1 fully saturated rings. The zero-order valence-corrected chi connectivity index (χ0v) is 15.1. The van der Waals surface area contributed by atoms with Crippen LogP contribution in [0.2, 0.25) is 0 Å². The highest BCUT2D eigenvalue weighted by atomic mass is 16.5. The number of carboxylic acid groups (broad SMARTS) is 1. The van der Waals surface area contributed by atoms with Gasteiger partial charge in [0.25, 0.3) is 0 Å². The Morgan fingerprint density at radius 3 is 2.77 bits per heavy atom. The van der Waals surface area contributed by atoms with Gasteiger partial charge in [0, 0.05) is 25.8 Å². The molecule has 2 aromatic rings. The SMILES string of the molecule is Cc1cc(CN2CCOC(c3ccccn3)C2)cc(C)c1OCC(=O)O. The third-order valence-electron chi connectivity index (χ3n) is 4.43. The molecule has 2 heterocycles. The molecule has 0 spiro atoms. The Morgan fingerprint density at radius 1 is 1.35 bits per heavy atom. The summed E-state index contributed by atoms with van der Waals surface area (Å²) in [6.07, 6.45) is 1.78. The van der Waals surface area contributed by atoms with E-state index in [9.17, 15) is 4.79 Å². The Bertz CT molecular complexity index is 741. The van der Waals surface area contributed by atoms with Crippen molar-refractivity contribution in [3.63, 3.8) is 0 Å². The summed E-state index contributed by atoms with van der Waals surface area (Å²) >= 11 is 0. The molecule has 0 amide bonds. The second-order valence-electron chi connectivity index (χ2n) is 6.59. The normalized spacial score (nSPS) is 17.8. The number of rotatable bonds is 6. The first-order valence-electron chi connectivity index (χ1n) is 8.72. The number of nitrogens with zero attached hydrogens (tertiary/aromatic N) is 2. The largest absolute Gasteiger partial charge is 0.481 e. The monoisotopic (exact) mass is 356 g/mol. The van der Waals surface area contributed by atoms with Crippen LogP contribution in [0.1, 0.15) is 28.5 Å². The summed E-state index contributed by atoms with van der Waals surface area (Å²) < 4.78 is 11.3. The van der Waals surface area contributed by atoms with E-state index in [0.29, 0.717) is 12.4 Å². The van der Waals surface area contributed by atoms with Gasteiger partial charge in [0.15, 0.2) is 6.61 Å². The third-order valence-corrected chi connectivity index (χ3v) is 4.43. The van der Waals surface area contributed by atoms with Crippen LogP contribution in [-0.2, 0) is 16.1 Å². The Labute approximate surface area is 153 Å². The molecule has 138 valence electrons. The Hall–Kier alpha value is -2.44. The summed E-state index contributed by atoms with van der Waals surface area (Å²) in [5, 5.41) is 8.80. The average Bonchev–Trinajstić information content (AvgIpc) is 2.62. The van der Waals surface area contributed by atoms with Crippen LogP contribution in [0.25, 0.3) is 0 Å². The lowest BCUT2D eigenvalue weighted by Gasteiger charge is -2.32. The van der Waals surface area contributed by atoms with Crippen molar-refractivity contribution in [3.8, 4) is 5.75 Å². The van der Waals surface area contributed by atoms with E-state index in [-0.39, 0.29) is 12.7 Å². The van der Waals surface area contributed by atoms with E-state index in [1.807, 2.05) is 32.0 Å². The highest BCUT2D eigenvalue weighted by Crippen LogP contribution is 2.27. The van der Waals surface area contributed by atoms with Gasteiger partial charge >= 0.3 is 5.97 Å². The Kier molecular flexibility index (Phi) is 5.85. The number of hydrogen-bond donors (Lipinski definition) is 1. The first kappa shape index (κ1) is 18.4. The number of hydrogen-bond acceptors (Lipinski definition) is 5. The van der Waals surface area contributed by atoms with E-state index in [2.05, 4.69) is 22.0 Å². The molecule has 6 heteroatoms. The lowest BCUT2D eigenvalue weighted by atomic mass is 10.0. The maximum atomic E-state index is 10.7. The van der Waals surface area contributed by atoms with Gasteiger partial charge in [-0.3, -0.25) is 9.88 Å². The standard InChI is InChI=1S/C20H24N2O4/c1-14-9-16(10-15(2)20(14)26-13-19(23)24)11-22-7-8-25-18(12-22)17-5-3-4-6-21-17/h3-6,9-10,18H,7-8,11-13H2,1-2H3,(H,23,24). The summed E-state index contributed by atoms with van der Waals surface area (Å²) in [5.41, 5.74) is 4.05. The third kappa shape index (κ3) is 4.59.